The standard InChI is InChI=1S/C22H32N4O3/c1-23(2)21(28)17-24-10-6-11-25(14-13-24)22(29)19-15-20(27)26(16-19)12-9-18-7-4-3-5-8-18/h3-5,7-8,19H,6,9-17H2,1-2H3. The summed E-state index contributed by atoms with van der Waals surface area (Å²) in [5, 5.41) is 0. The van der Waals surface area contributed by atoms with Crippen molar-refractivity contribution in [3.63, 3.8) is 0 Å². The highest BCUT2D eigenvalue weighted by Gasteiger charge is 2.36. The number of likely N-dealkylation sites (tertiary alicyclic amines) is 1. The molecule has 1 aromatic rings. The fraction of sp³-hybridized carbons (Fsp3) is 0.591. The molecule has 0 aliphatic carbocycles. The molecule has 0 bridgehead atoms. The van der Waals surface area contributed by atoms with E-state index in [1.54, 1.807) is 19.0 Å². The molecule has 0 saturated carbocycles. The van der Waals surface area contributed by atoms with Gasteiger partial charge in [-0.25, -0.2) is 0 Å². The lowest BCUT2D eigenvalue weighted by atomic mass is 10.1. The molecule has 0 radical (unpaired) electrons. The van der Waals surface area contributed by atoms with Gasteiger partial charge in [-0.1, -0.05) is 30.3 Å². The molecule has 2 saturated heterocycles. The van der Waals surface area contributed by atoms with Gasteiger partial charge in [0.05, 0.1) is 12.5 Å². The van der Waals surface area contributed by atoms with Crippen LogP contribution in [0.4, 0.5) is 0 Å². The first kappa shape index (κ1) is 21.3. The first-order valence-electron chi connectivity index (χ1n) is 10.5. The topological polar surface area (TPSA) is 64.2 Å². The van der Waals surface area contributed by atoms with E-state index in [1.807, 2.05) is 28.0 Å². The second-order valence-electron chi connectivity index (χ2n) is 8.22. The van der Waals surface area contributed by atoms with Crippen LogP contribution in [0.5, 0.6) is 0 Å². The van der Waals surface area contributed by atoms with Crippen LogP contribution < -0.4 is 0 Å². The Kier molecular flexibility index (Phi) is 7.25. The van der Waals surface area contributed by atoms with Crippen molar-refractivity contribution in [2.45, 2.75) is 19.3 Å². The molecule has 7 nitrogen and oxygen atoms in total. The summed E-state index contributed by atoms with van der Waals surface area (Å²) in [5.41, 5.74) is 1.20. The average Bonchev–Trinajstić information content (AvgIpc) is 2.93. The number of likely N-dealkylation sites (N-methyl/N-ethyl adjacent to an activating group) is 1. The minimum atomic E-state index is -0.242. The number of amides is 3. The molecule has 2 aliphatic rings. The number of carbonyl (C=O) groups excluding carboxylic acids is 3. The summed E-state index contributed by atoms with van der Waals surface area (Å²) in [6.45, 7) is 4.40. The number of carbonyl (C=O) groups is 3. The number of benzene rings is 1. The fourth-order valence-corrected chi connectivity index (χ4v) is 4.00. The molecule has 7 heteroatoms. The molecule has 1 unspecified atom stereocenters. The molecular weight excluding hydrogens is 368 g/mol. The monoisotopic (exact) mass is 400 g/mol. The molecule has 0 spiro atoms. The molecule has 158 valence electrons. The Morgan fingerprint density at radius 3 is 2.55 bits per heavy atom. The molecule has 29 heavy (non-hydrogen) atoms. The van der Waals surface area contributed by atoms with E-state index < -0.39 is 0 Å². The Hall–Kier alpha value is -2.41. The Bertz CT molecular complexity index is 722. The van der Waals surface area contributed by atoms with Gasteiger partial charge in [-0.3, -0.25) is 19.3 Å². The summed E-state index contributed by atoms with van der Waals surface area (Å²) < 4.78 is 0. The van der Waals surface area contributed by atoms with Gasteiger partial charge in [0.2, 0.25) is 17.7 Å². The first-order chi connectivity index (χ1) is 13.9. The van der Waals surface area contributed by atoms with E-state index in [0.717, 1.165) is 19.4 Å². The number of hydrogen-bond donors (Lipinski definition) is 0. The van der Waals surface area contributed by atoms with Crippen LogP contribution in [0.25, 0.3) is 0 Å². The smallest absolute Gasteiger partial charge is 0.236 e. The van der Waals surface area contributed by atoms with Gasteiger partial charge in [0, 0.05) is 59.8 Å². The molecular formula is C22H32N4O3. The molecule has 0 aromatic heterocycles. The number of hydrogen-bond acceptors (Lipinski definition) is 4. The van der Waals surface area contributed by atoms with Crippen LogP contribution in [0.2, 0.25) is 0 Å². The lowest BCUT2D eigenvalue weighted by Gasteiger charge is -2.25. The largest absolute Gasteiger partial charge is 0.348 e. The second kappa shape index (κ2) is 9.87. The minimum Gasteiger partial charge on any atom is -0.348 e. The number of rotatable bonds is 6. The minimum absolute atomic E-state index is 0.0762. The fourth-order valence-electron chi connectivity index (χ4n) is 4.00. The summed E-state index contributed by atoms with van der Waals surface area (Å²) in [7, 11) is 3.52. The molecule has 2 fully saturated rings. The lowest BCUT2D eigenvalue weighted by Crippen LogP contribution is -2.41. The maximum absolute atomic E-state index is 13.0. The normalized spacial score (nSPS) is 20.6. The predicted octanol–water partition coefficient (Wildman–Crippen LogP) is 0.700. The highest BCUT2D eigenvalue weighted by molar-refractivity contribution is 5.89. The zero-order valence-electron chi connectivity index (χ0n) is 17.5. The van der Waals surface area contributed by atoms with E-state index in [-0.39, 0.29) is 23.6 Å². The summed E-state index contributed by atoms with van der Waals surface area (Å²) in [4.78, 5) is 44.8. The van der Waals surface area contributed by atoms with Crippen molar-refractivity contribution in [3.05, 3.63) is 35.9 Å². The Labute approximate surface area is 173 Å². The van der Waals surface area contributed by atoms with E-state index >= 15 is 0 Å². The third kappa shape index (κ3) is 5.79. The summed E-state index contributed by atoms with van der Waals surface area (Å²) >= 11 is 0. The van der Waals surface area contributed by atoms with Crippen molar-refractivity contribution in [1.82, 2.24) is 19.6 Å². The van der Waals surface area contributed by atoms with Gasteiger partial charge in [0.25, 0.3) is 0 Å². The van der Waals surface area contributed by atoms with Gasteiger partial charge < -0.3 is 14.7 Å². The van der Waals surface area contributed by atoms with E-state index in [1.165, 1.54) is 5.56 Å². The van der Waals surface area contributed by atoms with Crippen LogP contribution in [0.3, 0.4) is 0 Å². The van der Waals surface area contributed by atoms with Crippen molar-refractivity contribution in [2.24, 2.45) is 5.92 Å². The quantitative estimate of drug-likeness (QED) is 0.705. The zero-order valence-corrected chi connectivity index (χ0v) is 17.5. The molecule has 3 rings (SSSR count). The molecule has 2 aliphatic heterocycles. The number of nitrogens with zero attached hydrogens (tertiary/aromatic N) is 4. The summed E-state index contributed by atoms with van der Waals surface area (Å²) in [6, 6.07) is 10.1. The predicted molar refractivity (Wildman–Crippen MR) is 111 cm³/mol. The van der Waals surface area contributed by atoms with Crippen LogP contribution in [0, 0.1) is 5.92 Å². The average molecular weight is 401 g/mol. The van der Waals surface area contributed by atoms with Gasteiger partial charge in [0.15, 0.2) is 0 Å². The molecule has 3 amide bonds. The molecule has 0 N–H and O–H groups in total. The Morgan fingerprint density at radius 2 is 1.83 bits per heavy atom. The molecule has 2 heterocycles. The van der Waals surface area contributed by atoms with Gasteiger partial charge in [0.1, 0.15) is 0 Å². The van der Waals surface area contributed by atoms with Crippen molar-refractivity contribution < 1.29 is 14.4 Å². The van der Waals surface area contributed by atoms with E-state index in [2.05, 4.69) is 17.0 Å². The maximum atomic E-state index is 13.0. The molecule has 1 atom stereocenters. The third-order valence-electron chi connectivity index (χ3n) is 5.83. The van der Waals surface area contributed by atoms with Gasteiger partial charge in [-0.05, 0) is 18.4 Å². The Morgan fingerprint density at radius 1 is 1.07 bits per heavy atom. The van der Waals surface area contributed by atoms with Crippen molar-refractivity contribution in [1.29, 1.82) is 0 Å². The second-order valence-corrected chi connectivity index (χ2v) is 8.22. The zero-order chi connectivity index (χ0) is 20.8. The van der Waals surface area contributed by atoms with Crippen LogP contribution in [-0.2, 0) is 20.8 Å². The van der Waals surface area contributed by atoms with Crippen LogP contribution >= 0.6 is 0 Å². The van der Waals surface area contributed by atoms with E-state index in [4.69, 9.17) is 0 Å². The third-order valence-corrected chi connectivity index (χ3v) is 5.83. The van der Waals surface area contributed by atoms with E-state index in [9.17, 15) is 14.4 Å². The summed E-state index contributed by atoms with van der Waals surface area (Å²) in [5.74, 6) is 0.00195. The van der Waals surface area contributed by atoms with Crippen molar-refractivity contribution >= 4 is 17.7 Å². The first-order valence-corrected chi connectivity index (χ1v) is 10.5. The van der Waals surface area contributed by atoms with Crippen LogP contribution in [0.15, 0.2) is 30.3 Å². The molecule has 1 aromatic carbocycles. The maximum Gasteiger partial charge on any atom is 0.236 e. The van der Waals surface area contributed by atoms with Gasteiger partial charge >= 0.3 is 0 Å². The SMILES string of the molecule is CN(C)C(=O)CN1CCCN(C(=O)C2CC(=O)N(CCc3ccccc3)C2)CC1. The van der Waals surface area contributed by atoms with Crippen molar-refractivity contribution in [2.75, 3.05) is 59.9 Å². The van der Waals surface area contributed by atoms with E-state index in [0.29, 0.717) is 45.7 Å². The lowest BCUT2D eigenvalue weighted by molar-refractivity contribution is -0.135. The summed E-state index contributed by atoms with van der Waals surface area (Å²) in [6.07, 6.45) is 1.98. The van der Waals surface area contributed by atoms with Gasteiger partial charge in [-0.2, -0.15) is 0 Å². The van der Waals surface area contributed by atoms with Crippen LogP contribution in [0.1, 0.15) is 18.4 Å². The Balaban J connectivity index is 1.49. The highest BCUT2D eigenvalue weighted by Crippen LogP contribution is 2.21. The highest BCUT2D eigenvalue weighted by atomic mass is 16.2. The van der Waals surface area contributed by atoms with Crippen LogP contribution in [-0.4, -0.2) is 97.2 Å². The van der Waals surface area contributed by atoms with Crippen molar-refractivity contribution in [3.8, 4) is 0 Å². The van der Waals surface area contributed by atoms with Gasteiger partial charge in [-0.15, -0.1) is 0 Å².